The predicted molar refractivity (Wildman–Crippen MR) is 105 cm³/mol. The molecule has 2 unspecified atom stereocenters. The van der Waals surface area contributed by atoms with Gasteiger partial charge in [-0.2, -0.15) is 0 Å². The number of ether oxygens (including phenoxy) is 2. The summed E-state index contributed by atoms with van der Waals surface area (Å²) in [4.78, 5) is 0. The quantitative estimate of drug-likeness (QED) is 0.475. The molecule has 2 heteroatoms. The third-order valence-corrected chi connectivity index (χ3v) is 4.74. The van der Waals surface area contributed by atoms with E-state index in [-0.39, 0.29) is 6.29 Å². The van der Waals surface area contributed by atoms with Gasteiger partial charge in [-0.05, 0) is 47.1 Å². The number of benzene rings is 2. The molecule has 0 aliphatic rings. The highest BCUT2D eigenvalue weighted by atomic mass is 16.7. The van der Waals surface area contributed by atoms with Crippen molar-refractivity contribution >= 4 is 0 Å². The molecule has 25 heavy (non-hydrogen) atoms. The number of hydrogen-bond donors (Lipinski definition) is 0. The molecular formula is C23H32O2. The van der Waals surface area contributed by atoms with Crippen molar-refractivity contribution < 1.29 is 9.47 Å². The minimum Gasteiger partial charge on any atom is -0.465 e. The van der Waals surface area contributed by atoms with E-state index >= 15 is 0 Å². The third-order valence-electron chi connectivity index (χ3n) is 4.74. The van der Waals surface area contributed by atoms with Crippen LogP contribution in [-0.4, -0.2) is 6.29 Å². The van der Waals surface area contributed by atoms with E-state index in [1.54, 1.807) is 0 Å². The van der Waals surface area contributed by atoms with Crippen molar-refractivity contribution in [3.8, 4) is 5.75 Å². The van der Waals surface area contributed by atoms with Crippen LogP contribution in [0, 0.1) is 0 Å². The Bertz CT molecular complexity index is 614. The summed E-state index contributed by atoms with van der Waals surface area (Å²) in [6, 6.07) is 17.0. The zero-order chi connectivity index (χ0) is 18.2. The predicted octanol–water partition coefficient (Wildman–Crippen LogP) is 6.66. The average Bonchev–Trinajstić information content (AvgIpc) is 2.65. The van der Waals surface area contributed by atoms with Gasteiger partial charge in [0, 0.05) is 6.42 Å². The minimum absolute atomic E-state index is 0.223. The molecule has 0 heterocycles. The van der Waals surface area contributed by atoms with Gasteiger partial charge < -0.3 is 9.47 Å². The van der Waals surface area contributed by atoms with Gasteiger partial charge in [0.05, 0.1) is 6.61 Å². The van der Waals surface area contributed by atoms with Crippen LogP contribution >= 0.6 is 0 Å². The summed E-state index contributed by atoms with van der Waals surface area (Å²) in [5.74, 6) is 2.01. The highest BCUT2D eigenvalue weighted by molar-refractivity contribution is 5.29. The summed E-state index contributed by atoms with van der Waals surface area (Å²) < 4.78 is 12.0. The van der Waals surface area contributed by atoms with Gasteiger partial charge in [0.1, 0.15) is 5.75 Å². The lowest BCUT2D eigenvalue weighted by Gasteiger charge is -2.19. The van der Waals surface area contributed by atoms with Gasteiger partial charge in [-0.15, -0.1) is 0 Å². The SMILES string of the molecule is CCC(OCc1ccc(C(C)C)cc1)Oc1ccc(C(C)CC)cc1. The largest absolute Gasteiger partial charge is 0.465 e. The van der Waals surface area contributed by atoms with E-state index in [0.29, 0.717) is 18.4 Å². The zero-order valence-corrected chi connectivity index (χ0v) is 16.3. The molecule has 0 amide bonds. The van der Waals surface area contributed by atoms with Gasteiger partial charge >= 0.3 is 0 Å². The Kier molecular flexibility index (Phi) is 7.52. The second-order valence-electron chi connectivity index (χ2n) is 7.04. The van der Waals surface area contributed by atoms with Crippen LogP contribution in [0.4, 0.5) is 0 Å². The smallest absolute Gasteiger partial charge is 0.199 e. The van der Waals surface area contributed by atoms with Crippen LogP contribution in [0.3, 0.4) is 0 Å². The lowest BCUT2D eigenvalue weighted by Crippen LogP contribution is -2.19. The van der Waals surface area contributed by atoms with E-state index in [1.165, 1.54) is 16.7 Å². The Hall–Kier alpha value is -1.80. The summed E-state index contributed by atoms with van der Waals surface area (Å²) in [5.41, 5.74) is 3.89. The molecule has 2 rings (SSSR count). The van der Waals surface area contributed by atoms with Crippen molar-refractivity contribution in [1.82, 2.24) is 0 Å². The van der Waals surface area contributed by atoms with Gasteiger partial charge in [0.2, 0.25) is 0 Å². The molecule has 2 aromatic carbocycles. The van der Waals surface area contributed by atoms with Crippen molar-refractivity contribution in [3.63, 3.8) is 0 Å². The first-order valence-corrected chi connectivity index (χ1v) is 9.50. The van der Waals surface area contributed by atoms with E-state index in [0.717, 1.165) is 18.6 Å². The molecule has 0 fully saturated rings. The molecule has 0 saturated heterocycles. The molecule has 136 valence electrons. The molecule has 0 aromatic heterocycles. The summed E-state index contributed by atoms with van der Waals surface area (Å²) in [7, 11) is 0. The van der Waals surface area contributed by atoms with Crippen LogP contribution in [0.15, 0.2) is 48.5 Å². The molecule has 2 atom stereocenters. The van der Waals surface area contributed by atoms with Crippen molar-refractivity contribution in [2.24, 2.45) is 0 Å². The lowest BCUT2D eigenvalue weighted by atomic mass is 9.99. The molecule has 0 N–H and O–H groups in total. The first-order chi connectivity index (χ1) is 12.0. The molecule has 0 saturated carbocycles. The Morgan fingerprint density at radius 2 is 1.36 bits per heavy atom. The van der Waals surface area contributed by atoms with Crippen molar-refractivity contribution in [1.29, 1.82) is 0 Å². The van der Waals surface area contributed by atoms with Crippen LogP contribution in [-0.2, 0) is 11.3 Å². The average molecular weight is 341 g/mol. The zero-order valence-electron chi connectivity index (χ0n) is 16.3. The van der Waals surface area contributed by atoms with Crippen LogP contribution in [0.5, 0.6) is 5.75 Å². The first-order valence-electron chi connectivity index (χ1n) is 9.50. The van der Waals surface area contributed by atoms with Gasteiger partial charge in [-0.1, -0.05) is 71.0 Å². The Balaban J connectivity index is 1.89. The molecule has 0 bridgehead atoms. The summed E-state index contributed by atoms with van der Waals surface area (Å²) in [6.45, 7) is 11.5. The molecule has 0 radical (unpaired) electrons. The molecule has 0 spiro atoms. The van der Waals surface area contributed by atoms with Crippen molar-refractivity contribution in [2.45, 2.75) is 72.2 Å². The molecule has 0 aliphatic heterocycles. The van der Waals surface area contributed by atoms with Crippen LogP contribution < -0.4 is 4.74 Å². The maximum absolute atomic E-state index is 5.99. The molecule has 0 aliphatic carbocycles. The van der Waals surface area contributed by atoms with E-state index in [2.05, 4.69) is 71.0 Å². The van der Waals surface area contributed by atoms with Crippen molar-refractivity contribution in [3.05, 3.63) is 65.2 Å². The van der Waals surface area contributed by atoms with Gasteiger partial charge in [-0.3, -0.25) is 0 Å². The third kappa shape index (κ3) is 5.89. The van der Waals surface area contributed by atoms with Crippen LogP contribution in [0.2, 0.25) is 0 Å². The summed E-state index contributed by atoms with van der Waals surface area (Å²) in [6.07, 6.45) is 1.74. The van der Waals surface area contributed by atoms with E-state index < -0.39 is 0 Å². The molecule has 2 aromatic rings. The van der Waals surface area contributed by atoms with E-state index in [1.807, 2.05) is 12.1 Å². The van der Waals surface area contributed by atoms with Gasteiger partial charge in [-0.25, -0.2) is 0 Å². The fraction of sp³-hybridized carbons (Fsp3) is 0.478. The molecule has 2 nitrogen and oxygen atoms in total. The fourth-order valence-electron chi connectivity index (χ4n) is 2.69. The van der Waals surface area contributed by atoms with Gasteiger partial charge in [0.15, 0.2) is 6.29 Å². The standard InChI is InChI=1S/C23H32O2/c1-6-18(5)21-12-14-22(15-13-21)25-23(7-2)24-16-19-8-10-20(11-9-19)17(3)4/h8-15,17-18,23H,6-7,16H2,1-5H3. The highest BCUT2D eigenvalue weighted by Crippen LogP contribution is 2.23. The maximum Gasteiger partial charge on any atom is 0.199 e. The highest BCUT2D eigenvalue weighted by Gasteiger charge is 2.10. The van der Waals surface area contributed by atoms with Crippen molar-refractivity contribution in [2.75, 3.05) is 0 Å². The Morgan fingerprint density at radius 1 is 0.760 bits per heavy atom. The van der Waals surface area contributed by atoms with E-state index in [9.17, 15) is 0 Å². The summed E-state index contributed by atoms with van der Waals surface area (Å²) >= 11 is 0. The normalized spacial score (nSPS) is 13.7. The topological polar surface area (TPSA) is 18.5 Å². The minimum atomic E-state index is -0.223. The van der Waals surface area contributed by atoms with E-state index in [4.69, 9.17) is 9.47 Å². The number of rotatable bonds is 9. The molecular weight excluding hydrogens is 308 g/mol. The number of hydrogen-bond acceptors (Lipinski definition) is 2. The lowest BCUT2D eigenvalue weighted by molar-refractivity contribution is -0.0905. The van der Waals surface area contributed by atoms with Crippen LogP contribution in [0.1, 0.15) is 76.0 Å². The Labute approximate surface area is 153 Å². The second kappa shape index (κ2) is 9.62. The fourth-order valence-corrected chi connectivity index (χ4v) is 2.69. The monoisotopic (exact) mass is 340 g/mol. The summed E-state index contributed by atoms with van der Waals surface area (Å²) in [5, 5.41) is 0. The second-order valence-corrected chi connectivity index (χ2v) is 7.04. The van der Waals surface area contributed by atoms with Crippen LogP contribution in [0.25, 0.3) is 0 Å². The Morgan fingerprint density at radius 3 is 1.88 bits per heavy atom. The maximum atomic E-state index is 5.99. The first kappa shape index (κ1) is 19.5. The van der Waals surface area contributed by atoms with Gasteiger partial charge in [0.25, 0.3) is 0 Å².